The van der Waals surface area contributed by atoms with Gasteiger partial charge in [-0.2, -0.15) is 0 Å². The van der Waals surface area contributed by atoms with Gasteiger partial charge in [0.25, 0.3) is 5.22 Å². The lowest BCUT2D eigenvalue weighted by atomic mass is 10.3. The number of hydrogen-bond donors (Lipinski definition) is 1. The van der Waals surface area contributed by atoms with Gasteiger partial charge in [-0.3, -0.25) is 0 Å². The third-order valence-electron chi connectivity index (χ3n) is 2.04. The van der Waals surface area contributed by atoms with Gasteiger partial charge in [0.15, 0.2) is 0 Å². The minimum atomic E-state index is 0.456. The van der Waals surface area contributed by atoms with Crippen molar-refractivity contribution in [1.29, 1.82) is 0 Å². The van der Waals surface area contributed by atoms with Crippen LogP contribution >= 0.6 is 11.8 Å². The molecule has 0 amide bonds. The number of rotatable bonds is 4. The Kier molecular flexibility index (Phi) is 3.81. The molecule has 0 radical (unpaired) electrons. The Hall–Kier alpha value is -0.480. The molecule has 0 aliphatic rings. The molecule has 2 unspecified atom stereocenters. The Morgan fingerprint density at radius 2 is 2.23 bits per heavy atom. The maximum Gasteiger partial charge on any atom is 0.256 e. The van der Waals surface area contributed by atoms with Gasteiger partial charge in [-0.1, -0.05) is 18.7 Å². The second-order valence-electron chi connectivity index (χ2n) is 3.16. The quantitative estimate of drug-likeness (QED) is 0.755. The number of nitrogens with zero attached hydrogens (tertiary/aromatic N) is 1. The van der Waals surface area contributed by atoms with Crippen LogP contribution in [0.15, 0.2) is 15.9 Å². The minimum absolute atomic E-state index is 0.456. The molecular formula is C9H16N2OS. The van der Waals surface area contributed by atoms with Crippen molar-refractivity contribution in [2.75, 3.05) is 7.05 Å². The summed E-state index contributed by atoms with van der Waals surface area (Å²) in [5.41, 5.74) is 0.937. The van der Waals surface area contributed by atoms with E-state index in [1.807, 2.05) is 14.0 Å². The zero-order chi connectivity index (χ0) is 9.84. The highest BCUT2D eigenvalue weighted by molar-refractivity contribution is 7.99. The maximum atomic E-state index is 5.25. The van der Waals surface area contributed by atoms with Gasteiger partial charge in [-0.05, 0) is 20.9 Å². The van der Waals surface area contributed by atoms with Crippen LogP contribution in [0.2, 0.25) is 0 Å². The van der Waals surface area contributed by atoms with Crippen LogP contribution < -0.4 is 5.32 Å². The minimum Gasteiger partial charge on any atom is -0.440 e. The number of nitrogens with one attached hydrogen (secondary N) is 1. The third kappa shape index (κ3) is 3.04. The van der Waals surface area contributed by atoms with Crippen LogP contribution in [0, 0.1) is 6.92 Å². The first-order valence-corrected chi connectivity index (χ1v) is 5.27. The van der Waals surface area contributed by atoms with Gasteiger partial charge in [0.1, 0.15) is 6.26 Å². The first-order valence-electron chi connectivity index (χ1n) is 4.39. The molecule has 1 N–H and O–H groups in total. The zero-order valence-electron chi connectivity index (χ0n) is 8.50. The first kappa shape index (κ1) is 10.6. The van der Waals surface area contributed by atoms with Gasteiger partial charge in [-0.15, -0.1) is 0 Å². The molecule has 1 aromatic rings. The smallest absolute Gasteiger partial charge is 0.256 e. The normalized spacial score (nSPS) is 15.7. The number of hydrogen-bond acceptors (Lipinski definition) is 4. The van der Waals surface area contributed by atoms with Gasteiger partial charge >= 0.3 is 0 Å². The third-order valence-corrected chi connectivity index (χ3v) is 3.21. The van der Waals surface area contributed by atoms with Gasteiger partial charge in [0.05, 0.1) is 5.69 Å². The molecule has 3 nitrogen and oxygen atoms in total. The van der Waals surface area contributed by atoms with E-state index >= 15 is 0 Å². The Labute approximate surface area is 83.3 Å². The van der Waals surface area contributed by atoms with Gasteiger partial charge < -0.3 is 9.73 Å². The molecular weight excluding hydrogens is 184 g/mol. The fourth-order valence-electron chi connectivity index (χ4n) is 0.882. The first-order chi connectivity index (χ1) is 6.13. The molecule has 13 heavy (non-hydrogen) atoms. The van der Waals surface area contributed by atoms with Crippen LogP contribution in [0.5, 0.6) is 0 Å². The van der Waals surface area contributed by atoms with Crippen LogP contribution in [0.4, 0.5) is 0 Å². The second kappa shape index (κ2) is 4.67. The largest absolute Gasteiger partial charge is 0.440 e. The molecule has 0 saturated heterocycles. The lowest BCUT2D eigenvalue weighted by Crippen LogP contribution is -2.30. The average Bonchev–Trinajstić information content (AvgIpc) is 2.49. The topological polar surface area (TPSA) is 38.1 Å². The van der Waals surface area contributed by atoms with E-state index in [4.69, 9.17) is 4.42 Å². The standard InChI is InChI=1S/C9H16N2OS/c1-6-5-12-9(11-6)13-8(3)7(2)10-4/h5,7-8,10H,1-4H3. The van der Waals surface area contributed by atoms with Crippen molar-refractivity contribution in [1.82, 2.24) is 10.3 Å². The highest BCUT2D eigenvalue weighted by atomic mass is 32.2. The highest BCUT2D eigenvalue weighted by Gasteiger charge is 2.14. The number of aromatic nitrogens is 1. The Morgan fingerprint density at radius 1 is 1.54 bits per heavy atom. The summed E-state index contributed by atoms with van der Waals surface area (Å²) < 4.78 is 5.25. The molecule has 2 atom stereocenters. The predicted octanol–water partition coefficient (Wildman–Crippen LogP) is 2.07. The predicted molar refractivity (Wildman–Crippen MR) is 55.1 cm³/mol. The molecule has 0 aliphatic carbocycles. The molecule has 0 fully saturated rings. The average molecular weight is 200 g/mol. The summed E-state index contributed by atoms with van der Waals surface area (Å²) in [6.07, 6.45) is 1.68. The molecule has 1 aromatic heterocycles. The zero-order valence-corrected chi connectivity index (χ0v) is 9.31. The van der Waals surface area contributed by atoms with E-state index in [0.29, 0.717) is 11.3 Å². The van der Waals surface area contributed by atoms with Crippen LogP contribution in [-0.4, -0.2) is 23.3 Å². The van der Waals surface area contributed by atoms with E-state index in [2.05, 4.69) is 24.1 Å². The Morgan fingerprint density at radius 3 is 2.69 bits per heavy atom. The van der Waals surface area contributed by atoms with Crippen LogP contribution in [0.3, 0.4) is 0 Å². The lowest BCUT2D eigenvalue weighted by molar-refractivity contribution is 0.451. The van der Waals surface area contributed by atoms with E-state index in [0.717, 1.165) is 10.9 Å². The van der Waals surface area contributed by atoms with Crippen LogP contribution in [-0.2, 0) is 0 Å². The summed E-state index contributed by atoms with van der Waals surface area (Å²) in [7, 11) is 1.96. The fourth-order valence-corrected chi connectivity index (χ4v) is 1.84. The lowest BCUT2D eigenvalue weighted by Gasteiger charge is -2.16. The Bertz CT molecular complexity index is 262. The summed E-state index contributed by atoms with van der Waals surface area (Å²) in [4.78, 5) is 4.24. The van der Waals surface area contributed by atoms with Crippen molar-refractivity contribution in [2.24, 2.45) is 0 Å². The molecule has 0 bridgehead atoms. The van der Waals surface area contributed by atoms with Crippen molar-refractivity contribution in [3.05, 3.63) is 12.0 Å². The fraction of sp³-hybridized carbons (Fsp3) is 0.667. The van der Waals surface area contributed by atoms with Crippen molar-refractivity contribution in [3.8, 4) is 0 Å². The van der Waals surface area contributed by atoms with E-state index in [-0.39, 0.29) is 0 Å². The molecule has 4 heteroatoms. The van der Waals surface area contributed by atoms with Crippen LogP contribution in [0.1, 0.15) is 19.5 Å². The van der Waals surface area contributed by atoms with Gasteiger partial charge in [0.2, 0.25) is 0 Å². The maximum absolute atomic E-state index is 5.25. The number of thioether (sulfide) groups is 1. The van der Waals surface area contributed by atoms with Crippen LogP contribution in [0.25, 0.3) is 0 Å². The molecule has 74 valence electrons. The number of oxazole rings is 1. The summed E-state index contributed by atoms with van der Waals surface area (Å²) in [5.74, 6) is 0. The monoisotopic (exact) mass is 200 g/mol. The molecule has 1 heterocycles. The van der Waals surface area contributed by atoms with Crippen molar-refractivity contribution in [2.45, 2.75) is 37.3 Å². The highest BCUT2D eigenvalue weighted by Crippen LogP contribution is 2.23. The summed E-state index contributed by atoms with van der Waals surface area (Å²) in [6.45, 7) is 6.23. The Balaban J connectivity index is 2.49. The van der Waals surface area contributed by atoms with Crippen molar-refractivity contribution >= 4 is 11.8 Å². The van der Waals surface area contributed by atoms with E-state index in [1.54, 1.807) is 18.0 Å². The second-order valence-corrected chi connectivity index (χ2v) is 4.48. The summed E-state index contributed by atoms with van der Waals surface area (Å²) in [6, 6.07) is 0.456. The molecule has 0 saturated carbocycles. The van der Waals surface area contributed by atoms with E-state index in [9.17, 15) is 0 Å². The van der Waals surface area contributed by atoms with E-state index in [1.165, 1.54) is 0 Å². The van der Waals surface area contributed by atoms with Crippen molar-refractivity contribution < 1.29 is 4.42 Å². The molecule has 0 aromatic carbocycles. The SMILES string of the molecule is CNC(C)C(C)Sc1nc(C)co1. The van der Waals surface area contributed by atoms with Gasteiger partial charge in [0, 0.05) is 11.3 Å². The van der Waals surface area contributed by atoms with Crippen molar-refractivity contribution in [3.63, 3.8) is 0 Å². The summed E-state index contributed by atoms with van der Waals surface area (Å²) >= 11 is 1.66. The number of aryl methyl sites for hydroxylation is 1. The van der Waals surface area contributed by atoms with E-state index < -0.39 is 0 Å². The molecule has 0 aliphatic heterocycles. The van der Waals surface area contributed by atoms with Gasteiger partial charge in [-0.25, -0.2) is 4.98 Å². The molecule has 1 rings (SSSR count). The summed E-state index contributed by atoms with van der Waals surface area (Å²) in [5, 5.41) is 4.42. The molecule has 0 spiro atoms.